The Morgan fingerprint density at radius 3 is 3.20 bits per heavy atom. The first-order valence-corrected chi connectivity index (χ1v) is 4.76. The maximum absolute atomic E-state index is 10.1. The van der Waals surface area contributed by atoms with Crippen LogP contribution in [0.5, 0.6) is 0 Å². The summed E-state index contributed by atoms with van der Waals surface area (Å²) in [4.78, 5) is 14.7. The lowest BCUT2D eigenvalue weighted by Crippen LogP contribution is -2.04. The molecule has 0 bridgehead atoms. The van der Waals surface area contributed by atoms with Crippen molar-refractivity contribution in [3.63, 3.8) is 0 Å². The highest BCUT2D eigenvalue weighted by molar-refractivity contribution is 5.77. The number of aryl methyl sites for hydroxylation is 1. The van der Waals surface area contributed by atoms with Crippen molar-refractivity contribution >= 4 is 12.2 Å². The third-order valence-electron chi connectivity index (χ3n) is 1.78. The largest absolute Gasteiger partial charge is 0.479 e. The number of oxime groups is 1. The van der Waals surface area contributed by atoms with Gasteiger partial charge in [-0.1, -0.05) is 12.1 Å². The lowest BCUT2D eigenvalue weighted by Gasteiger charge is -2.02. The Morgan fingerprint density at radius 2 is 2.53 bits per heavy atom. The van der Waals surface area contributed by atoms with Crippen molar-refractivity contribution in [2.75, 3.05) is 6.61 Å². The van der Waals surface area contributed by atoms with E-state index in [1.807, 2.05) is 22.9 Å². The van der Waals surface area contributed by atoms with Gasteiger partial charge in [-0.2, -0.15) is 0 Å². The summed E-state index contributed by atoms with van der Waals surface area (Å²) in [6, 6.07) is 3.80. The van der Waals surface area contributed by atoms with E-state index >= 15 is 0 Å². The molecular formula is C10H14N2O3. The van der Waals surface area contributed by atoms with E-state index in [0.717, 1.165) is 18.7 Å². The zero-order valence-electron chi connectivity index (χ0n) is 8.59. The normalized spacial score (nSPS) is 10.7. The molecule has 1 aromatic rings. The topological polar surface area (TPSA) is 63.8 Å². The van der Waals surface area contributed by atoms with E-state index in [2.05, 4.69) is 16.9 Å². The summed E-state index contributed by atoms with van der Waals surface area (Å²) in [5.74, 6) is -1.03. The summed E-state index contributed by atoms with van der Waals surface area (Å²) in [5.41, 5.74) is 0.905. The minimum absolute atomic E-state index is 0.412. The lowest BCUT2D eigenvalue weighted by atomic mass is 10.4. The van der Waals surface area contributed by atoms with Crippen molar-refractivity contribution in [2.45, 2.75) is 19.9 Å². The summed E-state index contributed by atoms with van der Waals surface area (Å²) >= 11 is 0. The third-order valence-corrected chi connectivity index (χ3v) is 1.78. The van der Waals surface area contributed by atoms with Gasteiger partial charge in [0, 0.05) is 12.7 Å². The van der Waals surface area contributed by atoms with Crippen LogP contribution in [0.3, 0.4) is 0 Å². The van der Waals surface area contributed by atoms with Crippen LogP contribution in [0.1, 0.15) is 19.0 Å². The van der Waals surface area contributed by atoms with Crippen molar-refractivity contribution in [2.24, 2.45) is 5.16 Å². The Morgan fingerprint density at radius 1 is 1.73 bits per heavy atom. The Kier molecular flexibility index (Phi) is 4.40. The molecule has 0 unspecified atom stereocenters. The quantitative estimate of drug-likeness (QED) is 0.569. The van der Waals surface area contributed by atoms with Gasteiger partial charge in [0.15, 0.2) is 0 Å². The van der Waals surface area contributed by atoms with Crippen molar-refractivity contribution in [1.82, 2.24) is 4.57 Å². The van der Waals surface area contributed by atoms with Gasteiger partial charge in [-0.05, 0) is 18.6 Å². The van der Waals surface area contributed by atoms with Gasteiger partial charge in [0.1, 0.15) is 0 Å². The molecule has 0 aliphatic rings. The van der Waals surface area contributed by atoms with E-state index in [0.29, 0.717) is 0 Å². The molecule has 0 fully saturated rings. The fourth-order valence-corrected chi connectivity index (χ4v) is 1.17. The number of carboxylic acids is 1. The molecule has 1 aromatic heterocycles. The van der Waals surface area contributed by atoms with Crippen LogP contribution >= 0.6 is 0 Å². The minimum atomic E-state index is -1.03. The molecule has 0 amide bonds. The Hall–Kier alpha value is -1.78. The minimum Gasteiger partial charge on any atom is -0.479 e. The number of carbonyl (C=O) groups is 1. The molecule has 1 rings (SSSR count). The van der Waals surface area contributed by atoms with Crippen LogP contribution in [0, 0.1) is 0 Å². The van der Waals surface area contributed by atoms with E-state index in [-0.39, 0.29) is 0 Å². The van der Waals surface area contributed by atoms with Crippen LogP contribution in [-0.4, -0.2) is 28.5 Å². The highest BCUT2D eigenvalue weighted by atomic mass is 16.6. The molecule has 0 aliphatic heterocycles. The molecule has 0 saturated heterocycles. The second kappa shape index (κ2) is 5.85. The van der Waals surface area contributed by atoms with Gasteiger partial charge in [0.25, 0.3) is 0 Å². The highest BCUT2D eigenvalue weighted by Crippen LogP contribution is 2.00. The monoisotopic (exact) mass is 210 g/mol. The molecule has 1 heterocycles. The fourth-order valence-electron chi connectivity index (χ4n) is 1.17. The molecule has 15 heavy (non-hydrogen) atoms. The Bertz CT molecular complexity index is 344. The Labute approximate surface area is 88.0 Å². The maximum atomic E-state index is 10.1. The number of nitrogens with zero attached hydrogens (tertiary/aromatic N) is 2. The van der Waals surface area contributed by atoms with Crippen LogP contribution in [0.4, 0.5) is 0 Å². The average Bonchev–Trinajstić information content (AvgIpc) is 2.61. The molecule has 5 nitrogen and oxygen atoms in total. The predicted octanol–water partition coefficient (Wildman–Crippen LogP) is 1.33. The number of aromatic nitrogens is 1. The van der Waals surface area contributed by atoms with Gasteiger partial charge in [-0.3, -0.25) is 0 Å². The molecular weight excluding hydrogens is 196 g/mol. The standard InChI is InChI=1S/C10H14N2O3/c1-2-5-12-6-3-4-9(12)7-11-15-8-10(13)14/h3-4,6-7H,2,5,8H2,1H3,(H,13,14)/b11-7-. The summed E-state index contributed by atoms with van der Waals surface area (Å²) in [7, 11) is 0. The van der Waals surface area contributed by atoms with Crippen molar-refractivity contribution in [3.8, 4) is 0 Å². The molecule has 0 aromatic carbocycles. The molecule has 82 valence electrons. The van der Waals surface area contributed by atoms with Gasteiger partial charge in [0.2, 0.25) is 6.61 Å². The van der Waals surface area contributed by atoms with Crippen molar-refractivity contribution in [1.29, 1.82) is 0 Å². The molecule has 0 atom stereocenters. The highest BCUT2D eigenvalue weighted by Gasteiger charge is 1.97. The summed E-state index contributed by atoms with van der Waals surface area (Å²) < 4.78 is 2.02. The number of aliphatic carboxylic acids is 1. The molecule has 0 aliphatic carbocycles. The molecule has 0 radical (unpaired) electrons. The van der Waals surface area contributed by atoms with E-state index in [1.165, 1.54) is 6.21 Å². The Balaban J connectivity index is 2.48. The van der Waals surface area contributed by atoms with Crippen LogP contribution < -0.4 is 0 Å². The van der Waals surface area contributed by atoms with Crippen LogP contribution in [0.25, 0.3) is 0 Å². The smallest absolute Gasteiger partial charge is 0.344 e. The van der Waals surface area contributed by atoms with Crippen molar-refractivity contribution < 1.29 is 14.7 Å². The molecule has 5 heteroatoms. The van der Waals surface area contributed by atoms with Crippen molar-refractivity contribution in [3.05, 3.63) is 24.0 Å². The summed E-state index contributed by atoms with van der Waals surface area (Å²) in [6.45, 7) is 2.58. The zero-order valence-corrected chi connectivity index (χ0v) is 8.59. The third kappa shape index (κ3) is 3.84. The van der Waals surface area contributed by atoms with E-state index in [1.54, 1.807) is 0 Å². The van der Waals surface area contributed by atoms with Crippen LogP contribution in [0.2, 0.25) is 0 Å². The average molecular weight is 210 g/mol. The van der Waals surface area contributed by atoms with Gasteiger partial charge < -0.3 is 14.5 Å². The molecule has 0 saturated carbocycles. The first kappa shape index (κ1) is 11.3. The first-order chi connectivity index (χ1) is 7.24. The summed E-state index contributed by atoms with van der Waals surface area (Å²) in [6.07, 6.45) is 4.49. The molecule has 1 N–H and O–H groups in total. The molecule has 0 spiro atoms. The van der Waals surface area contributed by atoms with Gasteiger partial charge >= 0.3 is 5.97 Å². The SMILES string of the molecule is CCCn1cccc1/C=N\OCC(=O)O. The number of hydrogen-bond donors (Lipinski definition) is 1. The van der Waals surface area contributed by atoms with E-state index in [9.17, 15) is 4.79 Å². The number of rotatable bonds is 6. The van der Waals surface area contributed by atoms with Gasteiger partial charge in [-0.25, -0.2) is 4.79 Å². The first-order valence-electron chi connectivity index (χ1n) is 4.76. The van der Waals surface area contributed by atoms with Crippen LogP contribution in [-0.2, 0) is 16.2 Å². The van der Waals surface area contributed by atoms with E-state index in [4.69, 9.17) is 5.11 Å². The van der Waals surface area contributed by atoms with Crippen LogP contribution in [0.15, 0.2) is 23.5 Å². The summed E-state index contributed by atoms with van der Waals surface area (Å²) in [5, 5.41) is 11.9. The lowest BCUT2D eigenvalue weighted by molar-refractivity contribution is -0.142. The zero-order chi connectivity index (χ0) is 11.1. The predicted molar refractivity (Wildman–Crippen MR) is 55.9 cm³/mol. The van der Waals surface area contributed by atoms with E-state index < -0.39 is 12.6 Å². The van der Waals surface area contributed by atoms with Gasteiger partial charge in [-0.15, -0.1) is 0 Å². The maximum Gasteiger partial charge on any atom is 0.344 e. The number of hydrogen-bond acceptors (Lipinski definition) is 3. The number of carboxylic acid groups (broad SMARTS) is 1. The van der Waals surface area contributed by atoms with Gasteiger partial charge in [0.05, 0.1) is 11.9 Å². The fraction of sp³-hybridized carbons (Fsp3) is 0.400. The second-order valence-electron chi connectivity index (χ2n) is 3.03. The second-order valence-corrected chi connectivity index (χ2v) is 3.03.